The zero-order valence-corrected chi connectivity index (χ0v) is 9.96. The van der Waals surface area contributed by atoms with Crippen LogP contribution >= 0.6 is 11.6 Å². The number of carboxylic acids is 1. The maximum atomic E-state index is 13.2. The SMILES string of the molecule is CC(C)CC(C(=O)O)c1ccc(Cl)c(F)c1. The highest BCUT2D eigenvalue weighted by molar-refractivity contribution is 6.30. The van der Waals surface area contributed by atoms with E-state index < -0.39 is 17.7 Å². The third-order valence-corrected chi connectivity index (χ3v) is 2.66. The molecule has 1 aromatic rings. The lowest BCUT2D eigenvalue weighted by Crippen LogP contribution is -2.14. The Kier molecular flexibility index (Phi) is 4.30. The largest absolute Gasteiger partial charge is 0.481 e. The molecule has 16 heavy (non-hydrogen) atoms. The minimum Gasteiger partial charge on any atom is -0.481 e. The van der Waals surface area contributed by atoms with Crippen molar-refractivity contribution in [3.8, 4) is 0 Å². The van der Waals surface area contributed by atoms with E-state index in [9.17, 15) is 9.18 Å². The monoisotopic (exact) mass is 244 g/mol. The summed E-state index contributed by atoms with van der Waals surface area (Å²) in [5.41, 5.74) is 0.461. The van der Waals surface area contributed by atoms with Crippen molar-refractivity contribution in [1.82, 2.24) is 0 Å². The minimum atomic E-state index is -0.935. The zero-order valence-electron chi connectivity index (χ0n) is 9.21. The number of aliphatic carboxylic acids is 1. The Morgan fingerprint density at radius 2 is 2.12 bits per heavy atom. The second kappa shape index (κ2) is 5.30. The average molecular weight is 245 g/mol. The molecule has 88 valence electrons. The average Bonchev–Trinajstić information content (AvgIpc) is 2.18. The van der Waals surface area contributed by atoms with Crippen molar-refractivity contribution in [2.75, 3.05) is 0 Å². The molecule has 0 aliphatic heterocycles. The maximum Gasteiger partial charge on any atom is 0.310 e. The van der Waals surface area contributed by atoms with Gasteiger partial charge >= 0.3 is 5.97 Å². The van der Waals surface area contributed by atoms with E-state index in [1.165, 1.54) is 12.1 Å². The van der Waals surface area contributed by atoms with E-state index in [2.05, 4.69) is 0 Å². The number of carboxylic acid groups (broad SMARTS) is 1. The van der Waals surface area contributed by atoms with Crippen LogP contribution in [0.15, 0.2) is 18.2 Å². The molecule has 0 aliphatic rings. The highest BCUT2D eigenvalue weighted by atomic mass is 35.5. The van der Waals surface area contributed by atoms with Crippen molar-refractivity contribution in [2.45, 2.75) is 26.2 Å². The highest BCUT2D eigenvalue weighted by Gasteiger charge is 2.21. The Labute approximate surface area is 99.0 Å². The van der Waals surface area contributed by atoms with E-state index in [0.717, 1.165) is 0 Å². The summed E-state index contributed by atoms with van der Waals surface area (Å²) in [5, 5.41) is 9.09. The molecular formula is C12H14ClFO2. The number of hydrogen-bond donors (Lipinski definition) is 1. The van der Waals surface area contributed by atoms with Gasteiger partial charge in [0, 0.05) is 0 Å². The summed E-state index contributed by atoms with van der Waals surface area (Å²) in [6, 6.07) is 4.15. The molecule has 0 bridgehead atoms. The van der Waals surface area contributed by atoms with E-state index >= 15 is 0 Å². The van der Waals surface area contributed by atoms with Crippen molar-refractivity contribution < 1.29 is 14.3 Å². The van der Waals surface area contributed by atoms with E-state index in [1.54, 1.807) is 6.07 Å². The molecule has 1 N–H and O–H groups in total. The molecule has 0 radical (unpaired) electrons. The van der Waals surface area contributed by atoms with Crippen LogP contribution in [-0.2, 0) is 4.79 Å². The van der Waals surface area contributed by atoms with E-state index in [4.69, 9.17) is 16.7 Å². The predicted molar refractivity (Wildman–Crippen MR) is 61.2 cm³/mol. The predicted octanol–water partition coefficient (Wildman–Crippen LogP) is 3.69. The summed E-state index contributed by atoms with van der Waals surface area (Å²) >= 11 is 5.55. The second-order valence-corrected chi connectivity index (χ2v) is 4.60. The molecule has 0 heterocycles. The van der Waals surface area contributed by atoms with Crippen LogP contribution in [0.25, 0.3) is 0 Å². The maximum absolute atomic E-state index is 13.2. The Morgan fingerprint density at radius 1 is 1.50 bits per heavy atom. The molecule has 0 amide bonds. The minimum absolute atomic E-state index is 0.0115. The third kappa shape index (κ3) is 3.20. The van der Waals surface area contributed by atoms with E-state index in [0.29, 0.717) is 12.0 Å². The van der Waals surface area contributed by atoms with Gasteiger partial charge in [0.15, 0.2) is 0 Å². The van der Waals surface area contributed by atoms with Gasteiger partial charge in [0.25, 0.3) is 0 Å². The lowest BCUT2D eigenvalue weighted by molar-refractivity contribution is -0.139. The number of hydrogen-bond acceptors (Lipinski definition) is 1. The Morgan fingerprint density at radius 3 is 2.56 bits per heavy atom. The van der Waals surface area contributed by atoms with Gasteiger partial charge in [-0.1, -0.05) is 31.5 Å². The van der Waals surface area contributed by atoms with E-state index in [-0.39, 0.29) is 10.9 Å². The van der Waals surface area contributed by atoms with Crippen LogP contribution < -0.4 is 0 Å². The number of rotatable bonds is 4. The molecule has 4 heteroatoms. The number of halogens is 2. The number of benzene rings is 1. The summed E-state index contributed by atoms with van der Waals surface area (Å²) in [7, 11) is 0. The molecule has 1 rings (SSSR count). The van der Waals surface area contributed by atoms with Gasteiger partial charge < -0.3 is 5.11 Å². The topological polar surface area (TPSA) is 37.3 Å². The van der Waals surface area contributed by atoms with Crippen LogP contribution in [0.4, 0.5) is 4.39 Å². The lowest BCUT2D eigenvalue weighted by Gasteiger charge is -2.15. The molecule has 0 saturated carbocycles. The molecule has 1 atom stereocenters. The van der Waals surface area contributed by atoms with Gasteiger partial charge in [-0.05, 0) is 30.0 Å². The molecule has 0 fully saturated rings. The van der Waals surface area contributed by atoms with Crippen molar-refractivity contribution in [1.29, 1.82) is 0 Å². The van der Waals surface area contributed by atoms with Crippen molar-refractivity contribution in [3.05, 3.63) is 34.6 Å². The van der Waals surface area contributed by atoms with Gasteiger partial charge in [-0.3, -0.25) is 4.79 Å². The Bertz CT molecular complexity index is 391. The molecule has 1 unspecified atom stereocenters. The van der Waals surface area contributed by atoms with Crippen LogP contribution in [0, 0.1) is 11.7 Å². The summed E-state index contributed by atoms with van der Waals surface area (Å²) in [6.45, 7) is 3.87. The third-order valence-electron chi connectivity index (χ3n) is 2.35. The first-order chi connectivity index (χ1) is 7.41. The van der Waals surface area contributed by atoms with Crippen LogP contribution in [0.3, 0.4) is 0 Å². The quantitative estimate of drug-likeness (QED) is 0.877. The molecule has 2 nitrogen and oxygen atoms in total. The van der Waals surface area contributed by atoms with Gasteiger partial charge in [0.2, 0.25) is 0 Å². The normalized spacial score (nSPS) is 12.8. The molecule has 0 saturated heterocycles. The first-order valence-electron chi connectivity index (χ1n) is 5.09. The van der Waals surface area contributed by atoms with Crippen LogP contribution in [0.2, 0.25) is 5.02 Å². The lowest BCUT2D eigenvalue weighted by atomic mass is 9.90. The van der Waals surface area contributed by atoms with Crippen LogP contribution in [0.5, 0.6) is 0 Å². The zero-order chi connectivity index (χ0) is 12.3. The summed E-state index contributed by atoms with van der Waals surface area (Å²) in [6.07, 6.45) is 0.483. The van der Waals surface area contributed by atoms with Gasteiger partial charge in [0.1, 0.15) is 5.82 Å². The molecule has 0 aromatic heterocycles. The highest BCUT2D eigenvalue weighted by Crippen LogP contribution is 2.27. The Hall–Kier alpha value is -1.09. The molecule has 1 aromatic carbocycles. The van der Waals surface area contributed by atoms with Gasteiger partial charge in [0.05, 0.1) is 10.9 Å². The summed E-state index contributed by atoms with van der Waals surface area (Å²) in [5.74, 6) is -1.95. The molecule has 0 aliphatic carbocycles. The van der Waals surface area contributed by atoms with Crippen LogP contribution in [0.1, 0.15) is 31.7 Å². The number of carbonyl (C=O) groups is 1. The fraction of sp³-hybridized carbons (Fsp3) is 0.417. The van der Waals surface area contributed by atoms with Gasteiger partial charge in [-0.2, -0.15) is 0 Å². The summed E-state index contributed by atoms with van der Waals surface area (Å²) < 4.78 is 13.2. The van der Waals surface area contributed by atoms with Crippen LogP contribution in [-0.4, -0.2) is 11.1 Å². The smallest absolute Gasteiger partial charge is 0.310 e. The summed E-state index contributed by atoms with van der Waals surface area (Å²) in [4.78, 5) is 11.1. The Balaban J connectivity index is 3.01. The van der Waals surface area contributed by atoms with Crippen molar-refractivity contribution in [3.63, 3.8) is 0 Å². The molecular weight excluding hydrogens is 231 g/mol. The van der Waals surface area contributed by atoms with Gasteiger partial charge in [-0.15, -0.1) is 0 Å². The fourth-order valence-corrected chi connectivity index (χ4v) is 1.70. The fourth-order valence-electron chi connectivity index (χ4n) is 1.58. The van der Waals surface area contributed by atoms with E-state index in [1.807, 2.05) is 13.8 Å². The van der Waals surface area contributed by atoms with Crippen molar-refractivity contribution in [2.24, 2.45) is 5.92 Å². The standard InChI is InChI=1S/C12H14ClFO2/c1-7(2)5-9(12(15)16)8-3-4-10(13)11(14)6-8/h3-4,6-7,9H,5H2,1-2H3,(H,15,16). The molecule has 0 spiro atoms. The van der Waals surface area contributed by atoms with Gasteiger partial charge in [-0.25, -0.2) is 4.39 Å². The first kappa shape index (κ1) is 13.0. The second-order valence-electron chi connectivity index (χ2n) is 4.19. The van der Waals surface area contributed by atoms with Crippen molar-refractivity contribution >= 4 is 17.6 Å². The first-order valence-corrected chi connectivity index (χ1v) is 5.47.